The maximum atomic E-state index is 13.8. The molecular formula is C20H25FN4O. The van der Waals surface area contributed by atoms with E-state index in [1.807, 2.05) is 17.0 Å². The number of hydrogen-bond donors (Lipinski definition) is 1. The highest BCUT2D eigenvalue weighted by atomic mass is 19.1. The number of aromatic nitrogens is 2. The Morgan fingerprint density at radius 1 is 1.38 bits per heavy atom. The van der Waals surface area contributed by atoms with Crippen LogP contribution < -0.4 is 0 Å². The Labute approximate surface area is 153 Å². The molecule has 138 valence electrons. The number of aryl methyl sites for hydroxylation is 1. The highest BCUT2D eigenvalue weighted by molar-refractivity contribution is 5.94. The smallest absolute Gasteiger partial charge is 0.274 e. The van der Waals surface area contributed by atoms with Gasteiger partial charge in [0.05, 0.1) is 0 Å². The maximum Gasteiger partial charge on any atom is 0.274 e. The van der Waals surface area contributed by atoms with Gasteiger partial charge in [-0.05, 0) is 49.9 Å². The molecule has 5 nitrogen and oxygen atoms in total. The van der Waals surface area contributed by atoms with Crippen molar-refractivity contribution in [3.05, 3.63) is 52.1 Å². The van der Waals surface area contributed by atoms with E-state index >= 15 is 0 Å². The van der Waals surface area contributed by atoms with Gasteiger partial charge >= 0.3 is 0 Å². The van der Waals surface area contributed by atoms with Gasteiger partial charge in [-0.3, -0.25) is 9.89 Å². The number of amides is 1. The lowest BCUT2D eigenvalue weighted by molar-refractivity contribution is 0.0779. The van der Waals surface area contributed by atoms with E-state index in [1.165, 1.54) is 0 Å². The van der Waals surface area contributed by atoms with Gasteiger partial charge in [0.25, 0.3) is 5.91 Å². The molecule has 1 atom stereocenters. The normalized spacial score (nSPS) is 20.4. The number of likely N-dealkylation sites (tertiary alicyclic amines) is 1. The molecule has 0 aliphatic carbocycles. The summed E-state index contributed by atoms with van der Waals surface area (Å²) in [5, 5.41) is 7.36. The second-order valence-electron chi connectivity index (χ2n) is 7.71. The van der Waals surface area contributed by atoms with Crippen molar-refractivity contribution in [3.63, 3.8) is 0 Å². The van der Waals surface area contributed by atoms with Gasteiger partial charge in [0.2, 0.25) is 0 Å². The average Bonchev–Trinajstić information content (AvgIpc) is 3.24. The molecule has 2 aliphatic heterocycles. The molecule has 1 fully saturated rings. The third-order valence-electron chi connectivity index (χ3n) is 5.66. The number of hydrogen-bond acceptors (Lipinski definition) is 3. The average molecular weight is 356 g/mol. The molecule has 2 aromatic rings. The standard InChI is InChI=1S/C20H25FN4O/c1-13-3-4-14(10-17(13)21)9-15-5-8-25(11-15)20(26)19-16-12-24(2)7-6-18(16)22-23-19/h3-4,10,15H,5-9,11-12H2,1-2H3,(H,22,23). The van der Waals surface area contributed by atoms with Gasteiger partial charge in [0, 0.05) is 43.9 Å². The van der Waals surface area contributed by atoms with E-state index in [2.05, 4.69) is 22.1 Å². The fraction of sp³-hybridized carbons (Fsp3) is 0.500. The van der Waals surface area contributed by atoms with Gasteiger partial charge in [-0.1, -0.05) is 12.1 Å². The van der Waals surface area contributed by atoms with E-state index < -0.39 is 0 Å². The number of fused-ring (bicyclic) bond motifs is 1. The van der Waals surface area contributed by atoms with Gasteiger partial charge in [-0.2, -0.15) is 5.10 Å². The van der Waals surface area contributed by atoms with Crippen LogP contribution in [0.3, 0.4) is 0 Å². The molecule has 0 saturated carbocycles. The van der Waals surface area contributed by atoms with E-state index in [1.54, 1.807) is 13.0 Å². The number of nitrogens with one attached hydrogen (secondary N) is 1. The lowest BCUT2D eigenvalue weighted by atomic mass is 9.98. The number of aromatic amines is 1. The first kappa shape index (κ1) is 17.2. The van der Waals surface area contributed by atoms with Gasteiger partial charge in [-0.15, -0.1) is 0 Å². The SMILES string of the molecule is Cc1ccc(CC2CCN(C(=O)c3n[nH]c4c3CN(C)CC4)C2)cc1F. The first-order chi connectivity index (χ1) is 12.5. The van der Waals surface area contributed by atoms with E-state index in [4.69, 9.17) is 0 Å². The highest BCUT2D eigenvalue weighted by Crippen LogP contribution is 2.26. The minimum Gasteiger partial charge on any atom is -0.337 e. The Morgan fingerprint density at radius 3 is 3.04 bits per heavy atom. The number of halogens is 1. The van der Waals surface area contributed by atoms with Crippen molar-refractivity contribution < 1.29 is 9.18 Å². The lowest BCUT2D eigenvalue weighted by Crippen LogP contribution is -2.32. The van der Waals surface area contributed by atoms with Crippen molar-refractivity contribution in [1.29, 1.82) is 0 Å². The molecule has 6 heteroatoms. The van der Waals surface area contributed by atoms with Gasteiger partial charge in [0.1, 0.15) is 5.82 Å². The van der Waals surface area contributed by atoms with Crippen LogP contribution in [0.15, 0.2) is 18.2 Å². The molecule has 1 saturated heterocycles. The van der Waals surface area contributed by atoms with Crippen molar-refractivity contribution in [2.24, 2.45) is 5.92 Å². The Morgan fingerprint density at radius 2 is 2.23 bits per heavy atom. The minimum absolute atomic E-state index is 0.0235. The van der Waals surface area contributed by atoms with Crippen LogP contribution in [0.1, 0.15) is 39.3 Å². The first-order valence-electron chi connectivity index (χ1n) is 9.30. The summed E-state index contributed by atoms with van der Waals surface area (Å²) in [5.41, 5.74) is 4.40. The number of carbonyl (C=O) groups excluding carboxylic acids is 1. The summed E-state index contributed by atoms with van der Waals surface area (Å²) in [7, 11) is 2.07. The molecular weight excluding hydrogens is 331 g/mol. The summed E-state index contributed by atoms with van der Waals surface area (Å²) in [6.45, 7) is 4.99. The molecule has 3 heterocycles. The highest BCUT2D eigenvalue weighted by Gasteiger charge is 2.31. The summed E-state index contributed by atoms with van der Waals surface area (Å²) in [5.74, 6) is 0.245. The number of benzene rings is 1. The summed E-state index contributed by atoms with van der Waals surface area (Å²) in [6.07, 6.45) is 2.67. The first-order valence-corrected chi connectivity index (χ1v) is 9.30. The van der Waals surface area contributed by atoms with Crippen molar-refractivity contribution >= 4 is 5.91 Å². The molecule has 0 spiro atoms. The van der Waals surface area contributed by atoms with Crippen LogP contribution in [0.5, 0.6) is 0 Å². The molecule has 1 N–H and O–H groups in total. The molecule has 1 unspecified atom stereocenters. The zero-order chi connectivity index (χ0) is 18.3. The minimum atomic E-state index is -0.152. The predicted molar refractivity (Wildman–Crippen MR) is 97.5 cm³/mol. The van der Waals surface area contributed by atoms with Crippen LogP contribution in [0.4, 0.5) is 4.39 Å². The predicted octanol–water partition coefficient (Wildman–Crippen LogP) is 2.55. The monoisotopic (exact) mass is 356 g/mol. The third kappa shape index (κ3) is 3.26. The molecule has 1 aromatic heterocycles. The van der Waals surface area contributed by atoms with Crippen LogP contribution in [-0.4, -0.2) is 52.6 Å². The zero-order valence-electron chi connectivity index (χ0n) is 15.4. The fourth-order valence-electron chi connectivity index (χ4n) is 4.04. The lowest BCUT2D eigenvalue weighted by Gasteiger charge is -2.23. The van der Waals surface area contributed by atoms with Crippen LogP contribution in [0.2, 0.25) is 0 Å². The van der Waals surface area contributed by atoms with Gasteiger partial charge < -0.3 is 9.80 Å². The van der Waals surface area contributed by atoms with Gasteiger partial charge in [0.15, 0.2) is 5.69 Å². The molecule has 0 radical (unpaired) electrons. The number of nitrogens with zero attached hydrogens (tertiary/aromatic N) is 3. The van der Waals surface area contributed by atoms with Crippen LogP contribution in [0.25, 0.3) is 0 Å². The third-order valence-corrected chi connectivity index (χ3v) is 5.66. The van der Waals surface area contributed by atoms with Crippen molar-refractivity contribution in [2.45, 2.75) is 32.7 Å². The topological polar surface area (TPSA) is 52.2 Å². The number of H-pyrrole nitrogens is 1. The number of likely N-dealkylation sites (N-methyl/N-ethyl adjacent to an activating group) is 1. The molecule has 1 amide bonds. The number of rotatable bonds is 3. The largest absolute Gasteiger partial charge is 0.337 e. The quantitative estimate of drug-likeness (QED) is 0.920. The molecule has 0 bridgehead atoms. The Balaban J connectivity index is 1.43. The summed E-state index contributed by atoms with van der Waals surface area (Å²) in [6, 6.07) is 5.44. The van der Waals surface area contributed by atoms with Crippen molar-refractivity contribution in [2.75, 3.05) is 26.7 Å². The van der Waals surface area contributed by atoms with Crippen LogP contribution in [-0.2, 0) is 19.4 Å². The van der Waals surface area contributed by atoms with E-state index in [0.29, 0.717) is 23.7 Å². The number of carbonyl (C=O) groups is 1. The van der Waals surface area contributed by atoms with Crippen LogP contribution in [0, 0.1) is 18.7 Å². The van der Waals surface area contributed by atoms with Crippen LogP contribution >= 0.6 is 0 Å². The summed E-state index contributed by atoms with van der Waals surface area (Å²) < 4.78 is 13.8. The van der Waals surface area contributed by atoms with Gasteiger partial charge in [-0.25, -0.2) is 4.39 Å². The second-order valence-corrected chi connectivity index (χ2v) is 7.71. The molecule has 4 rings (SSSR count). The second kappa shape index (κ2) is 6.83. The zero-order valence-corrected chi connectivity index (χ0v) is 15.4. The Bertz CT molecular complexity index is 831. The molecule has 1 aromatic carbocycles. The van der Waals surface area contributed by atoms with Crippen molar-refractivity contribution in [3.8, 4) is 0 Å². The summed E-state index contributed by atoms with van der Waals surface area (Å²) in [4.78, 5) is 17.1. The van der Waals surface area contributed by atoms with E-state index in [0.717, 1.165) is 55.7 Å². The van der Waals surface area contributed by atoms with Crippen molar-refractivity contribution in [1.82, 2.24) is 20.0 Å². The Hall–Kier alpha value is -2.21. The maximum absolute atomic E-state index is 13.8. The van der Waals surface area contributed by atoms with E-state index in [9.17, 15) is 9.18 Å². The Kier molecular flexibility index (Phi) is 4.53. The molecule has 26 heavy (non-hydrogen) atoms. The summed E-state index contributed by atoms with van der Waals surface area (Å²) >= 11 is 0. The van der Waals surface area contributed by atoms with E-state index in [-0.39, 0.29) is 11.7 Å². The molecule has 2 aliphatic rings. The fourth-order valence-corrected chi connectivity index (χ4v) is 4.04.